The van der Waals surface area contributed by atoms with Crippen molar-refractivity contribution in [2.24, 2.45) is 5.92 Å². The van der Waals surface area contributed by atoms with Gasteiger partial charge in [-0.15, -0.1) is 0 Å². The second-order valence-electron chi connectivity index (χ2n) is 7.31. The fourth-order valence-electron chi connectivity index (χ4n) is 3.67. The number of hydrogen-bond acceptors (Lipinski definition) is 3. The summed E-state index contributed by atoms with van der Waals surface area (Å²) in [6.45, 7) is 0.710. The van der Waals surface area contributed by atoms with Crippen LogP contribution in [0.1, 0.15) is 29.9 Å². The van der Waals surface area contributed by atoms with Gasteiger partial charge < -0.3 is 10.2 Å². The number of hydrogen-bond donors (Lipinski definition) is 1. The van der Waals surface area contributed by atoms with Crippen molar-refractivity contribution in [1.29, 1.82) is 0 Å². The first-order valence-corrected chi connectivity index (χ1v) is 9.36. The molecule has 1 N–H and O–H groups in total. The van der Waals surface area contributed by atoms with Crippen molar-refractivity contribution in [3.63, 3.8) is 0 Å². The zero-order valence-corrected chi connectivity index (χ0v) is 15.0. The molecule has 1 heterocycles. The molecular weight excluding hydrogens is 340 g/mol. The monoisotopic (exact) mass is 362 g/mol. The van der Waals surface area contributed by atoms with Gasteiger partial charge in [-0.25, -0.2) is 0 Å². The molecule has 27 heavy (non-hydrogen) atoms. The molecule has 2 unspecified atom stereocenters. The first kappa shape index (κ1) is 17.5. The maximum atomic E-state index is 13.1. The molecule has 0 spiro atoms. The van der Waals surface area contributed by atoms with Gasteiger partial charge in [-0.05, 0) is 24.0 Å². The Hall–Kier alpha value is -2.95. The summed E-state index contributed by atoms with van der Waals surface area (Å²) in [5.74, 6) is -2.39. The average Bonchev–Trinajstić information content (AvgIpc) is 3.45. The molecule has 1 aliphatic heterocycles. The van der Waals surface area contributed by atoms with Crippen LogP contribution in [0.5, 0.6) is 0 Å². The molecule has 138 valence electrons. The van der Waals surface area contributed by atoms with Gasteiger partial charge in [0.1, 0.15) is 0 Å². The van der Waals surface area contributed by atoms with E-state index in [1.54, 1.807) is 4.90 Å². The minimum atomic E-state index is -0.651. The summed E-state index contributed by atoms with van der Waals surface area (Å²) in [6, 6.07) is 19.1. The fraction of sp³-hybridized carbons (Fsp3) is 0.318. The van der Waals surface area contributed by atoms with Gasteiger partial charge in [0.2, 0.25) is 11.7 Å². The zero-order valence-electron chi connectivity index (χ0n) is 15.0. The highest BCUT2D eigenvalue weighted by molar-refractivity contribution is 6.38. The summed E-state index contributed by atoms with van der Waals surface area (Å²) in [7, 11) is 0. The zero-order chi connectivity index (χ0) is 18.8. The number of carbonyl (C=O) groups is 3. The minimum absolute atomic E-state index is 0.0948. The van der Waals surface area contributed by atoms with Crippen LogP contribution in [0.3, 0.4) is 0 Å². The van der Waals surface area contributed by atoms with Crippen molar-refractivity contribution in [2.45, 2.75) is 31.3 Å². The minimum Gasteiger partial charge on any atom is -0.347 e. The van der Waals surface area contributed by atoms with Crippen molar-refractivity contribution in [2.75, 3.05) is 6.54 Å². The first-order chi connectivity index (χ1) is 13.1. The van der Waals surface area contributed by atoms with Gasteiger partial charge >= 0.3 is 0 Å². The first-order valence-electron chi connectivity index (χ1n) is 9.36. The molecular formula is C22H22N2O3. The molecule has 2 aliphatic rings. The Morgan fingerprint density at radius 1 is 0.963 bits per heavy atom. The molecule has 2 atom stereocenters. The fourth-order valence-corrected chi connectivity index (χ4v) is 3.67. The SMILES string of the molecule is O=C(NC1CC1)C(=O)C1CN(Cc2ccccc2)C(=O)C1c1ccccc1. The quantitative estimate of drug-likeness (QED) is 0.802. The second kappa shape index (κ2) is 7.35. The third-order valence-electron chi connectivity index (χ3n) is 5.25. The molecule has 0 bridgehead atoms. The highest BCUT2D eigenvalue weighted by Crippen LogP contribution is 2.35. The lowest BCUT2D eigenvalue weighted by Gasteiger charge is -2.16. The molecule has 1 aliphatic carbocycles. The van der Waals surface area contributed by atoms with Gasteiger partial charge in [0.25, 0.3) is 5.91 Å². The predicted molar refractivity (Wildman–Crippen MR) is 101 cm³/mol. The number of carbonyl (C=O) groups excluding carboxylic acids is 3. The summed E-state index contributed by atoms with van der Waals surface area (Å²) < 4.78 is 0. The van der Waals surface area contributed by atoms with Crippen molar-refractivity contribution < 1.29 is 14.4 Å². The van der Waals surface area contributed by atoms with Gasteiger partial charge in [-0.2, -0.15) is 0 Å². The molecule has 2 aromatic carbocycles. The van der Waals surface area contributed by atoms with E-state index in [1.165, 1.54) is 0 Å². The predicted octanol–water partition coefficient (Wildman–Crippen LogP) is 2.28. The summed E-state index contributed by atoms with van der Waals surface area (Å²) >= 11 is 0. The van der Waals surface area contributed by atoms with Crippen LogP contribution in [0, 0.1) is 5.92 Å². The number of likely N-dealkylation sites (tertiary alicyclic amines) is 1. The number of nitrogens with one attached hydrogen (secondary N) is 1. The number of ketones is 1. The third-order valence-corrected chi connectivity index (χ3v) is 5.25. The lowest BCUT2D eigenvalue weighted by Crippen LogP contribution is -2.39. The maximum Gasteiger partial charge on any atom is 0.287 e. The van der Waals surface area contributed by atoms with E-state index in [0.717, 1.165) is 24.0 Å². The van der Waals surface area contributed by atoms with Crippen molar-refractivity contribution in [3.05, 3.63) is 71.8 Å². The Kier molecular flexibility index (Phi) is 4.75. The highest BCUT2D eigenvalue weighted by atomic mass is 16.2. The van der Waals surface area contributed by atoms with Gasteiger partial charge in [-0.3, -0.25) is 14.4 Å². The smallest absolute Gasteiger partial charge is 0.287 e. The van der Waals surface area contributed by atoms with Crippen molar-refractivity contribution in [1.82, 2.24) is 10.2 Å². The van der Waals surface area contributed by atoms with Crippen LogP contribution in [0.2, 0.25) is 0 Å². The van der Waals surface area contributed by atoms with Crippen LogP contribution in [0.25, 0.3) is 0 Å². The number of rotatable bonds is 6. The van der Waals surface area contributed by atoms with Crippen LogP contribution in [-0.2, 0) is 20.9 Å². The summed E-state index contributed by atoms with van der Waals surface area (Å²) in [5.41, 5.74) is 1.80. The largest absolute Gasteiger partial charge is 0.347 e. The topological polar surface area (TPSA) is 66.5 Å². The van der Waals surface area contributed by atoms with Gasteiger partial charge in [0.05, 0.1) is 11.8 Å². The molecule has 0 aromatic heterocycles. The molecule has 1 saturated carbocycles. The molecule has 2 fully saturated rings. The van der Waals surface area contributed by atoms with Crippen LogP contribution < -0.4 is 5.32 Å². The number of nitrogens with zero attached hydrogens (tertiary/aromatic N) is 1. The van der Waals surface area contributed by atoms with Crippen LogP contribution in [0.15, 0.2) is 60.7 Å². The number of benzene rings is 2. The van der Waals surface area contributed by atoms with E-state index in [1.807, 2.05) is 60.7 Å². The standard InChI is InChI=1S/C22H22N2O3/c25-20(21(26)23-17-11-12-17)18-14-24(13-15-7-3-1-4-8-15)22(27)19(18)16-9-5-2-6-10-16/h1-10,17-19H,11-14H2,(H,23,26). The van der Waals surface area contributed by atoms with Gasteiger partial charge in [-0.1, -0.05) is 60.7 Å². The summed E-state index contributed by atoms with van der Waals surface area (Å²) in [6.07, 6.45) is 1.84. The highest BCUT2D eigenvalue weighted by Gasteiger charge is 2.47. The Labute approximate surface area is 158 Å². The van der Waals surface area contributed by atoms with E-state index in [2.05, 4.69) is 5.32 Å². The summed E-state index contributed by atoms with van der Waals surface area (Å²) in [5, 5.41) is 2.76. The Bertz CT molecular complexity index is 846. The molecule has 1 saturated heterocycles. The van der Waals surface area contributed by atoms with Crippen LogP contribution >= 0.6 is 0 Å². The second-order valence-corrected chi connectivity index (χ2v) is 7.31. The van der Waals surface area contributed by atoms with Crippen LogP contribution in [0.4, 0.5) is 0 Å². The van der Waals surface area contributed by atoms with E-state index >= 15 is 0 Å². The van der Waals surface area contributed by atoms with E-state index < -0.39 is 23.5 Å². The van der Waals surface area contributed by atoms with E-state index in [-0.39, 0.29) is 18.5 Å². The number of Topliss-reactive ketones (excluding diaryl/α,β-unsaturated/α-hetero) is 1. The lowest BCUT2D eigenvalue weighted by molar-refractivity contribution is -0.140. The number of amides is 2. The van der Waals surface area contributed by atoms with Crippen LogP contribution in [-0.4, -0.2) is 35.1 Å². The molecule has 2 amide bonds. The lowest BCUT2D eigenvalue weighted by atomic mass is 9.85. The maximum absolute atomic E-state index is 13.1. The van der Waals surface area contributed by atoms with Gasteiger partial charge in [0, 0.05) is 19.1 Å². The Balaban J connectivity index is 1.59. The van der Waals surface area contributed by atoms with Crippen molar-refractivity contribution in [3.8, 4) is 0 Å². The molecule has 5 nitrogen and oxygen atoms in total. The summed E-state index contributed by atoms with van der Waals surface area (Å²) in [4.78, 5) is 40.0. The van der Waals surface area contributed by atoms with E-state index in [9.17, 15) is 14.4 Å². The van der Waals surface area contributed by atoms with E-state index in [0.29, 0.717) is 6.54 Å². The van der Waals surface area contributed by atoms with Crippen molar-refractivity contribution >= 4 is 17.6 Å². The van der Waals surface area contributed by atoms with Gasteiger partial charge in [0.15, 0.2) is 0 Å². The molecule has 2 aromatic rings. The molecule has 4 rings (SSSR count). The molecule has 0 radical (unpaired) electrons. The third kappa shape index (κ3) is 3.77. The normalized spacial score (nSPS) is 21.9. The average molecular weight is 362 g/mol. The Morgan fingerprint density at radius 3 is 2.22 bits per heavy atom. The molecule has 5 heteroatoms. The van der Waals surface area contributed by atoms with E-state index in [4.69, 9.17) is 0 Å². The Morgan fingerprint density at radius 2 is 1.59 bits per heavy atom.